The number of rotatable bonds is 23. The second kappa shape index (κ2) is 27.3. The van der Waals surface area contributed by atoms with Gasteiger partial charge < -0.3 is 80.2 Å². The average Bonchev–Trinajstić information content (AvgIpc) is 3.18. The van der Waals surface area contributed by atoms with Crippen molar-refractivity contribution >= 4 is 23.9 Å². The van der Waals surface area contributed by atoms with Crippen LogP contribution in [0.5, 0.6) is 0 Å². The van der Waals surface area contributed by atoms with Crippen molar-refractivity contribution in [1.29, 1.82) is 0 Å². The Hall–Kier alpha value is -3.37. The molecule has 0 aliphatic heterocycles. The Morgan fingerprint density at radius 2 is 0.906 bits per heavy atom. The fraction of sp³-hybridized carbons (Fsp3) is 0.879. The molecule has 64 heavy (non-hydrogen) atoms. The molecule has 0 aromatic carbocycles. The maximum Gasteiger partial charge on any atom is 0.427 e. The number of ether oxygens (including phenoxy) is 4. The van der Waals surface area contributed by atoms with Crippen LogP contribution in [0.2, 0.25) is 0 Å². The number of hydrogen-bond acceptors (Lipinski definition) is 19. The highest BCUT2D eigenvalue weighted by Gasteiger charge is 2.75. The maximum atomic E-state index is 12.8. The highest BCUT2D eigenvalue weighted by molar-refractivity contribution is 5.80. The first-order chi connectivity index (χ1) is 28.5. The fourth-order valence-corrected chi connectivity index (χ4v) is 2.58. The van der Waals surface area contributed by atoms with E-state index in [0.717, 1.165) is 13.8 Å². The van der Waals surface area contributed by atoms with Crippen LogP contribution in [-0.4, -0.2) is 217 Å². The Labute approximate surface area is 356 Å². The number of carboxylic acids is 1. The molecular weight excluding hydrogens is 925 g/mol. The lowest BCUT2D eigenvalue weighted by Crippen LogP contribution is -2.59. The van der Waals surface area contributed by atoms with E-state index in [-0.39, 0.29) is 13.5 Å². The molecule has 0 aromatic rings. The fourth-order valence-electron chi connectivity index (χ4n) is 2.58. The first kappa shape index (κ1) is 67.2. The van der Waals surface area contributed by atoms with Crippen LogP contribution in [0, 0.1) is 10.8 Å². The lowest BCUT2D eigenvalue weighted by atomic mass is 9.92. The van der Waals surface area contributed by atoms with E-state index < -0.39 is 160 Å². The zero-order chi connectivity index (χ0) is 52.1. The zero-order valence-corrected chi connectivity index (χ0v) is 34.8. The molecule has 0 heterocycles. The molecule has 0 spiro atoms. The Morgan fingerprint density at radius 3 is 1.19 bits per heavy atom. The van der Waals surface area contributed by atoms with Crippen LogP contribution in [0.4, 0.5) is 48.3 Å². The maximum absolute atomic E-state index is 12.8. The van der Waals surface area contributed by atoms with Gasteiger partial charge in [-0.2, -0.15) is 39.5 Å². The van der Waals surface area contributed by atoms with Crippen molar-refractivity contribution in [1.82, 2.24) is 0 Å². The number of carbonyl (C=O) groups excluding carboxylic acids is 3. The third-order valence-corrected chi connectivity index (χ3v) is 7.43. The summed E-state index contributed by atoms with van der Waals surface area (Å²) in [6.07, 6.45) is -13.1. The Bertz CT molecular complexity index is 1380. The Morgan fingerprint density at radius 1 is 0.547 bits per heavy atom. The van der Waals surface area contributed by atoms with E-state index in [0.29, 0.717) is 0 Å². The molecule has 0 fully saturated rings. The van der Waals surface area contributed by atoms with Crippen LogP contribution in [0.25, 0.3) is 0 Å². The van der Waals surface area contributed by atoms with E-state index in [2.05, 4.69) is 18.9 Å². The number of alkyl halides is 11. The number of carboxylic acid groups (broad SMARTS) is 1. The van der Waals surface area contributed by atoms with Gasteiger partial charge in [0.1, 0.15) is 44.1 Å². The molecule has 3 unspecified atom stereocenters. The number of aliphatic hydroxyl groups excluding tert-OH is 8. The highest BCUT2D eigenvalue weighted by atomic mass is 19.4. The normalized spacial score (nSPS) is 14.8. The Kier molecular flexibility index (Phi) is 28.7. The molecule has 31 heteroatoms. The minimum absolute atomic E-state index is 0.184. The van der Waals surface area contributed by atoms with Crippen molar-refractivity contribution in [3.63, 3.8) is 0 Å². The number of aliphatic hydroxyl groups is 11. The van der Waals surface area contributed by atoms with Crippen molar-refractivity contribution in [3.8, 4) is 0 Å². The molecule has 20 nitrogen and oxygen atoms in total. The van der Waals surface area contributed by atoms with Crippen molar-refractivity contribution in [2.24, 2.45) is 10.8 Å². The van der Waals surface area contributed by atoms with Crippen LogP contribution < -0.4 is 0 Å². The summed E-state index contributed by atoms with van der Waals surface area (Å²) in [5.74, 6) is -23.3. The molecule has 3 atom stereocenters. The lowest BCUT2D eigenvalue weighted by molar-refractivity contribution is -0.346. The van der Waals surface area contributed by atoms with Gasteiger partial charge >= 0.3 is 54.2 Å². The summed E-state index contributed by atoms with van der Waals surface area (Å²) in [4.78, 5) is 43.8. The molecule has 0 amide bonds. The predicted molar refractivity (Wildman–Crippen MR) is 187 cm³/mol. The van der Waals surface area contributed by atoms with Gasteiger partial charge in [0.25, 0.3) is 5.60 Å². The standard InChI is InChI=1S/C13H21F3O8.C8H10F8O3.C7H14O5.C5H10O4/c1-10(2,21)8(19)23-6-12(4-17,5-18)7-24-9(20)11(3,22)13(14,15)16;9-5(10)7(13,14)8(15,16)6(11,12)3-19-2-4(18)1-17;1-7(2,11)6(10)12-4-5(9)3-8;1-5(2-6,3-7)4(8)9/h17-18,21-22H,4-7H2,1-3H3;4-5,17-18H,1-3H2;5,8-9,11H,3-4H2,1-2H3;6-7H,2-3H2,1H3,(H,8,9). The summed E-state index contributed by atoms with van der Waals surface area (Å²) in [7, 11) is 0. The molecule has 0 saturated heterocycles. The second-order valence-corrected chi connectivity index (χ2v) is 14.8. The van der Waals surface area contributed by atoms with Crippen molar-refractivity contribution in [2.45, 2.75) is 101 Å². The summed E-state index contributed by atoms with van der Waals surface area (Å²) in [5, 5.41) is 105. The van der Waals surface area contributed by atoms with Gasteiger partial charge in [-0.15, -0.1) is 0 Å². The molecule has 0 aliphatic rings. The van der Waals surface area contributed by atoms with Crippen LogP contribution in [0.15, 0.2) is 0 Å². The minimum atomic E-state index is -6.33. The summed E-state index contributed by atoms with van der Waals surface area (Å²) in [6, 6.07) is 0. The quantitative estimate of drug-likeness (QED) is 0.0311. The van der Waals surface area contributed by atoms with Crippen LogP contribution in [-0.2, 0) is 38.1 Å². The van der Waals surface area contributed by atoms with Crippen molar-refractivity contribution < 1.29 is 148 Å². The molecule has 0 aliphatic carbocycles. The largest absolute Gasteiger partial charge is 0.481 e. The molecule has 12 N–H and O–H groups in total. The summed E-state index contributed by atoms with van der Waals surface area (Å²) < 4.78 is 154. The predicted octanol–water partition coefficient (Wildman–Crippen LogP) is -1.63. The van der Waals surface area contributed by atoms with Gasteiger partial charge in [-0.1, -0.05) is 0 Å². The van der Waals surface area contributed by atoms with Gasteiger partial charge in [0.2, 0.25) is 0 Å². The van der Waals surface area contributed by atoms with Gasteiger partial charge in [0, 0.05) is 0 Å². The molecular formula is C33H55F11O20. The number of esters is 3. The summed E-state index contributed by atoms with van der Waals surface area (Å²) in [5.41, 5.74) is -10.4. The van der Waals surface area contributed by atoms with Crippen LogP contribution >= 0.6 is 0 Å². The van der Waals surface area contributed by atoms with Crippen molar-refractivity contribution in [2.75, 3.05) is 72.7 Å². The molecule has 0 bridgehead atoms. The van der Waals surface area contributed by atoms with E-state index >= 15 is 0 Å². The smallest absolute Gasteiger partial charge is 0.427 e. The molecule has 0 saturated carbocycles. The van der Waals surface area contributed by atoms with E-state index in [1.165, 1.54) is 20.8 Å². The average molecular weight is 981 g/mol. The third kappa shape index (κ3) is 22.2. The number of halogens is 11. The zero-order valence-electron chi connectivity index (χ0n) is 34.8. The van der Waals surface area contributed by atoms with E-state index in [9.17, 15) is 82.8 Å². The lowest BCUT2D eigenvalue weighted by Gasteiger charge is -2.32. The van der Waals surface area contributed by atoms with E-state index in [1.807, 2.05) is 0 Å². The van der Waals surface area contributed by atoms with Gasteiger partial charge in [0.15, 0.2) is 11.2 Å². The Balaban J connectivity index is -0.000000400. The number of hydrogen-bond donors (Lipinski definition) is 12. The van der Waals surface area contributed by atoms with Gasteiger partial charge in [-0.25, -0.2) is 23.2 Å². The number of carbonyl (C=O) groups is 4. The van der Waals surface area contributed by atoms with Gasteiger partial charge in [-0.05, 0) is 41.5 Å². The minimum Gasteiger partial charge on any atom is -0.481 e. The van der Waals surface area contributed by atoms with Crippen LogP contribution in [0.3, 0.4) is 0 Å². The van der Waals surface area contributed by atoms with Gasteiger partial charge in [-0.3, -0.25) is 4.79 Å². The number of aliphatic carboxylic acids is 1. The van der Waals surface area contributed by atoms with E-state index in [4.69, 9.17) is 46.0 Å². The third-order valence-electron chi connectivity index (χ3n) is 7.43. The summed E-state index contributed by atoms with van der Waals surface area (Å²) >= 11 is 0. The SMILES string of the molecule is CC(C)(O)C(=O)OCC(CO)(CO)COC(=O)C(C)(O)C(F)(F)F.CC(C)(O)C(=O)OCC(O)CO.CC(CO)(CO)C(=O)O.OCC(O)COCC(F)(F)C(F)(F)C(F)(F)C(F)F. The van der Waals surface area contributed by atoms with Gasteiger partial charge in [0.05, 0.1) is 51.7 Å². The molecule has 0 radical (unpaired) electrons. The molecule has 0 rings (SSSR count). The van der Waals surface area contributed by atoms with Crippen molar-refractivity contribution in [3.05, 3.63) is 0 Å². The topological polar surface area (TPSA) is 348 Å². The first-order valence-electron chi connectivity index (χ1n) is 17.5. The second-order valence-electron chi connectivity index (χ2n) is 14.8. The van der Waals surface area contributed by atoms with E-state index in [1.54, 1.807) is 0 Å². The first-order valence-corrected chi connectivity index (χ1v) is 17.5. The molecule has 0 aromatic heterocycles. The summed E-state index contributed by atoms with van der Waals surface area (Å²) in [6.45, 7) is -3.50. The molecule has 384 valence electrons. The van der Waals surface area contributed by atoms with Crippen LogP contribution in [0.1, 0.15) is 41.5 Å². The highest BCUT2D eigenvalue weighted by Crippen LogP contribution is 2.48. The monoisotopic (exact) mass is 980 g/mol.